The molecule has 0 saturated carbocycles. The second-order valence-electron chi connectivity index (χ2n) is 5.15. The van der Waals surface area contributed by atoms with Gasteiger partial charge in [0.1, 0.15) is 19.0 Å². The quantitative estimate of drug-likeness (QED) is 0.833. The predicted molar refractivity (Wildman–Crippen MR) is 75.4 cm³/mol. The molecule has 1 N–H and O–H groups in total. The molecule has 1 fully saturated rings. The Morgan fingerprint density at radius 3 is 2.65 bits per heavy atom. The Labute approximate surface area is 123 Å². The number of hydrogen-bond donors (Lipinski definition) is 1. The van der Waals surface area contributed by atoms with Crippen LogP contribution in [0.25, 0.3) is 0 Å². The molecule has 5 nitrogen and oxygen atoms in total. The number of carboxylic acids is 1. The maximum atomic E-state index is 10.5. The molecular formula is C14H18ClNO4. The molecule has 110 valence electrons. The van der Waals surface area contributed by atoms with Gasteiger partial charge in [-0.2, -0.15) is 0 Å². The van der Waals surface area contributed by atoms with Crippen LogP contribution >= 0.6 is 11.6 Å². The first-order chi connectivity index (χ1) is 9.47. The molecule has 20 heavy (non-hydrogen) atoms. The van der Waals surface area contributed by atoms with Crippen molar-refractivity contribution >= 4 is 17.6 Å². The van der Waals surface area contributed by atoms with E-state index in [-0.39, 0.29) is 12.2 Å². The van der Waals surface area contributed by atoms with Crippen LogP contribution in [0.4, 0.5) is 0 Å². The highest BCUT2D eigenvalue weighted by Crippen LogP contribution is 2.24. The minimum absolute atomic E-state index is 0.244. The van der Waals surface area contributed by atoms with E-state index in [1.807, 2.05) is 19.1 Å². The lowest BCUT2D eigenvalue weighted by Crippen LogP contribution is -2.62. The molecule has 1 aliphatic heterocycles. The summed E-state index contributed by atoms with van der Waals surface area (Å²) < 4.78 is 10.9. The van der Waals surface area contributed by atoms with Gasteiger partial charge in [0, 0.05) is 24.7 Å². The molecule has 0 aliphatic carbocycles. The van der Waals surface area contributed by atoms with Crippen LogP contribution in [0.2, 0.25) is 5.02 Å². The first kappa shape index (κ1) is 15.1. The van der Waals surface area contributed by atoms with Crippen LogP contribution in [0.3, 0.4) is 0 Å². The van der Waals surface area contributed by atoms with E-state index in [1.54, 1.807) is 12.1 Å². The molecule has 6 heteroatoms. The summed E-state index contributed by atoms with van der Waals surface area (Å²) in [5.41, 5.74) is -0.349. The summed E-state index contributed by atoms with van der Waals surface area (Å²) in [7, 11) is 0. The first-order valence-electron chi connectivity index (χ1n) is 6.43. The summed E-state index contributed by atoms with van der Waals surface area (Å²) in [6.07, 6.45) is 0. The van der Waals surface area contributed by atoms with Gasteiger partial charge in [-0.05, 0) is 31.2 Å². The summed E-state index contributed by atoms with van der Waals surface area (Å²) in [5.74, 6) is -0.143. The van der Waals surface area contributed by atoms with E-state index in [2.05, 4.69) is 4.90 Å². The Bertz CT molecular complexity index is 457. The van der Waals surface area contributed by atoms with Crippen molar-refractivity contribution in [3.05, 3.63) is 29.3 Å². The van der Waals surface area contributed by atoms with Gasteiger partial charge in [0.2, 0.25) is 0 Å². The maximum absolute atomic E-state index is 10.5. The molecule has 1 heterocycles. The highest BCUT2D eigenvalue weighted by molar-refractivity contribution is 6.30. The summed E-state index contributed by atoms with van der Waals surface area (Å²) in [6, 6.07) is 7.24. The van der Waals surface area contributed by atoms with E-state index in [9.17, 15) is 4.79 Å². The summed E-state index contributed by atoms with van der Waals surface area (Å²) >= 11 is 5.79. The van der Waals surface area contributed by atoms with Gasteiger partial charge in [0.15, 0.2) is 0 Å². The van der Waals surface area contributed by atoms with Gasteiger partial charge in [-0.15, -0.1) is 0 Å². The van der Waals surface area contributed by atoms with E-state index in [4.69, 9.17) is 26.2 Å². The van der Waals surface area contributed by atoms with E-state index >= 15 is 0 Å². The molecule has 0 unspecified atom stereocenters. The molecule has 0 amide bonds. The number of hydrogen-bond acceptors (Lipinski definition) is 4. The average molecular weight is 300 g/mol. The first-order valence-corrected chi connectivity index (χ1v) is 6.81. The van der Waals surface area contributed by atoms with Gasteiger partial charge in [-0.3, -0.25) is 4.90 Å². The van der Waals surface area contributed by atoms with Crippen LogP contribution in [0.1, 0.15) is 6.92 Å². The fourth-order valence-corrected chi connectivity index (χ4v) is 2.33. The molecule has 1 aliphatic rings. The van der Waals surface area contributed by atoms with Gasteiger partial charge in [0.05, 0.1) is 5.60 Å². The fraction of sp³-hybridized carbons (Fsp3) is 0.500. The lowest BCUT2D eigenvalue weighted by Gasteiger charge is -2.47. The number of ether oxygens (including phenoxy) is 2. The van der Waals surface area contributed by atoms with Gasteiger partial charge in [-0.1, -0.05) is 11.6 Å². The van der Waals surface area contributed by atoms with E-state index in [1.165, 1.54) is 0 Å². The fourth-order valence-electron chi connectivity index (χ4n) is 2.21. The van der Waals surface area contributed by atoms with Crippen molar-refractivity contribution in [2.75, 3.05) is 32.8 Å². The zero-order chi connectivity index (χ0) is 14.6. The largest absolute Gasteiger partial charge is 0.492 e. The standard InChI is InChI=1S/C14H18ClNO4/c1-14(20-8-13(17)18)9-16(10-14)6-7-19-12-4-2-11(15)3-5-12/h2-5H,6-10H2,1H3,(H,17,18). The molecule has 0 atom stereocenters. The van der Waals surface area contributed by atoms with Crippen molar-refractivity contribution in [3.8, 4) is 5.75 Å². The number of nitrogens with zero attached hydrogens (tertiary/aromatic N) is 1. The number of halogens is 1. The topological polar surface area (TPSA) is 59.0 Å². The minimum atomic E-state index is -0.934. The van der Waals surface area contributed by atoms with Crippen LogP contribution in [-0.2, 0) is 9.53 Å². The lowest BCUT2D eigenvalue weighted by atomic mass is 9.96. The Hall–Kier alpha value is -1.30. The van der Waals surface area contributed by atoms with Crippen LogP contribution in [0, 0.1) is 0 Å². The molecule has 0 spiro atoms. The zero-order valence-electron chi connectivity index (χ0n) is 11.3. The SMILES string of the molecule is CC1(OCC(=O)O)CN(CCOc2ccc(Cl)cc2)C1. The Kier molecular flexibility index (Phi) is 4.86. The molecule has 2 rings (SSSR count). The van der Waals surface area contributed by atoms with Crippen molar-refractivity contribution in [1.82, 2.24) is 4.90 Å². The number of aliphatic carboxylic acids is 1. The van der Waals surface area contributed by atoms with E-state index < -0.39 is 5.97 Å². The Balaban J connectivity index is 1.63. The molecule has 1 saturated heterocycles. The second kappa shape index (κ2) is 6.43. The van der Waals surface area contributed by atoms with Crippen LogP contribution in [0.15, 0.2) is 24.3 Å². The van der Waals surface area contributed by atoms with Gasteiger partial charge >= 0.3 is 5.97 Å². The van der Waals surface area contributed by atoms with Gasteiger partial charge in [0.25, 0.3) is 0 Å². The summed E-state index contributed by atoms with van der Waals surface area (Å²) in [6.45, 7) is 4.50. The maximum Gasteiger partial charge on any atom is 0.329 e. The second-order valence-corrected chi connectivity index (χ2v) is 5.58. The number of carboxylic acid groups (broad SMARTS) is 1. The molecule has 0 bridgehead atoms. The normalized spacial score (nSPS) is 17.5. The highest BCUT2D eigenvalue weighted by atomic mass is 35.5. The van der Waals surface area contributed by atoms with Crippen LogP contribution in [0.5, 0.6) is 5.75 Å². The Morgan fingerprint density at radius 1 is 1.40 bits per heavy atom. The third-order valence-electron chi connectivity index (χ3n) is 3.15. The van der Waals surface area contributed by atoms with Crippen molar-refractivity contribution in [2.24, 2.45) is 0 Å². The summed E-state index contributed by atoms with van der Waals surface area (Å²) in [5, 5.41) is 9.27. The van der Waals surface area contributed by atoms with Crippen LogP contribution in [-0.4, -0.2) is 54.4 Å². The number of carbonyl (C=O) groups is 1. The molecule has 0 radical (unpaired) electrons. The molecule has 0 aromatic heterocycles. The van der Waals surface area contributed by atoms with Crippen molar-refractivity contribution in [1.29, 1.82) is 0 Å². The lowest BCUT2D eigenvalue weighted by molar-refractivity contribution is -0.165. The third kappa shape index (κ3) is 4.37. The average Bonchev–Trinajstić information content (AvgIpc) is 2.37. The molecule has 1 aromatic rings. The van der Waals surface area contributed by atoms with Crippen LogP contribution < -0.4 is 4.74 Å². The number of benzene rings is 1. The van der Waals surface area contributed by atoms with Gasteiger partial charge in [-0.25, -0.2) is 4.79 Å². The number of likely N-dealkylation sites (tertiary alicyclic amines) is 1. The predicted octanol–water partition coefficient (Wildman–Crippen LogP) is 1.89. The molecule has 1 aromatic carbocycles. The smallest absolute Gasteiger partial charge is 0.329 e. The van der Waals surface area contributed by atoms with Gasteiger partial charge < -0.3 is 14.6 Å². The third-order valence-corrected chi connectivity index (χ3v) is 3.40. The monoisotopic (exact) mass is 299 g/mol. The van der Waals surface area contributed by atoms with Crippen molar-refractivity contribution < 1.29 is 19.4 Å². The highest BCUT2D eigenvalue weighted by Gasteiger charge is 2.39. The summed E-state index contributed by atoms with van der Waals surface area (Å²) in [4.78, 5) is 12.6. The van der Waals surface area contributed by atoms with Crippen molar-refractivity contribution in [2.45, 2.75) is 12.5 Å². The zero-order valence-corrected chi connectivity index (χ0v) is 12.1. The van der Waals surface area contributed by atoms with E-state index in [0.717, 1.165) is 25.4 Å². The van der Waals surface area contributed by atoms with E-state index in [0.29, 0.717) is 11.6 Å². The Morgan fingerprint density at radius 2 is 2.05 bits per heavy atom. The van der Waals surface area contributed by atoms with Crippen molar-refractivity contribution in [3.63, 3.8) is 0 Å². The molecular weight excluding hydrogens is 282 g/mol. The minimum Gasteiger partial charge on any atom is -0.492 e. The number of rotatable bonds is 7.